The van der Waals surface area contributed by atoms with Gasteiger partial charge in [0.1, 0.15) is 5.82 Å². The first-order valence-corrected chi connectivity index (χ1v) is 10.1. The Balaban J connectivity index is 1.73. The molecule has 1 aliphatic heterocycles. The average Bonchev–Trinajstić information content (AvgIpc) is 3.23. The van der Waals surface area contributed by atoms with Crippen LogP contribution in [-0.4, -0.2) is 61.6 Å². The minimum Gasteiger partial charge on any atom is -0.492 e. The highest BCUT2D eigenvalue weighted by Gasteiger charge is 2.32. The Bertz CT molecular complexity index is 992. The maximum Gasteiger partial charge on any atom is 0.230 e. The van der Waals surface area contributed by atoms with Gasteiger partial charge in [-0.3, -0.25) is 9.69 Å². The first-order valence-electron chi connectivity index (χ1n) is 9.30. The predicted molar refractivity (Wildman–Crippen MR) is 104 cm³/mol. The van der Waals surface area contributed by atoms with Crippen molar-refractivity contribution in [2.75, 3.05) is 26.2 Å². The minimum atomic E-state index is -0.302. The van der Waals surface area contributed by atoms with Gasteiger partial charge in [-0.2, -0.15) is 4.52 Å². The average molecular weight is 403 g/mol. The van der Waals surface area contributed by atoms with Crippen LogP contribution in [0, 0.1) is 5.82 Å². The van der Waals surface area contributed by atoms with E-state index in [9.17, 15) is 14.3 Å². The van der Waals surface area contributed by atoms with E-state index in [-0.39, 0.29) is 23.6 Å². The summed E-state index contributed by atoms with van der Waals surface area (Å²) in [5.74, 6) is 0.507. The van der Waals surface area contributed by atoms with Crippen molar-refractivity contribution in [3.8, 4) is 5.88 Å². The number of carbonyl (C=O) groups excluding carboxylic acids is 1. The SMILES string of the molecule is CCc1nc2sc([C@@H](c3ccc(F)cc3)N3CCN(C(C)=O)CC3)c(O)n2n1. The molecule has 7 nitrogen and oxygen atoms in total. The summed E-state index contributed by atoms with van der Waals surface area (Å²) in [5.41, 5.74) is 0.883. The molecule has 1 fully saturated rings. The van der Waals surface area contributed by atoms with E-state index in [1.807, 2.05) is 11.8 Å². The number of amides is 1. The van der Waals surface area contributed by atoms with Crippen LogP contribution in [0.25, 0.3) is 4.96 Å². The normalized spacial score (nSPS) is 16.6. The lowest BCUT2D eigenvalue weighted by atomic mass is 10.0. The zero-order valence-corrected chi connectivity index (χ0v) is 16.6. The fourth-order valence-corrected chi connectivity index (χ4v) is 4.72. The number of carbonyl (C=O) groups is 1. The Morgan fingerprint density at radius 2 is 1.93 bits per heavy atom. The topological polar surface area (TPSA) is 74.0 Å². The lowest BCUT2D eigenvalue weighted by Crippen LogP contribution is -2.49. The molecule has 0 radical (unpaired) electrons. The van der Waals surface area contributed by atoms with Gasteiger partial charge in [0.15, 0.2) is 5.82 Å². The van der Waals surface area contributed by atoms with Crippen molar-refractivity contribution in [1.82, 2.24) is 24.4 Å². The maximum atomic E-state index is 13.5. The Labute approximate surface area is 166 Å². The number of halogens is 1. The number of aryl methyl sites for hydroxylation is 1. The van der Waals surface area contributed by atoms with E-state index in [0.29, 0.717) is 43.4 Å². The molecule has 0 bridgehead atoms. The van der Waals surface area contributed by atoms with Gasteiger partial charge in [-0.05, 0) is 17.7 Å². The third-order valence-corrected chi connectivity index (χ3v) is 6.19. The Kier molecular flexibility index (Phi) is 5.03. The van der Waals surface area contributed by atoms with Crippen LogP contribution in [0.3, 0.4) is 0 Å². The van der Waals surface area contributed by atoms with Gasteiger partial charge < -0.3 is 10.0 Å². The monoisotopic (exact) mass is 403 g/mol. The Hall–Kier alpha value is -2.52. The first-order chi connectivity index (χ1) is 13.5. The molecule has 3 heterocycles. The molecule has 0 saturated carbocycles. The number of hydrogen-bond donors (Lipinski definition) is 1. The molecule has 0 aliphatic carbocycles. The van der Waals surface area contributed by atoms with Crippen molar-refractivity contribution in [2.24, 2.45) is 0 Å². The van der Waals surface area contributed by atoms with Gasteiger partial charge in [-0.15, -0.1) is 5.10 Å². The van der Waals surface area contributed by atoms with Gasteiger partial charge in [0.2, 0.25) is 16.7 Å². The van der Waals surface area contributed by atoms with E-state index < -0.39 is 0 Å². The summed E-state index contributed by atoms with van der Waals surface area (Å²) in [6, 6.07) is 6.08. The van der Waals surface area contributed by atoms with Crippen molar-refractivity contribution in [1.29, 1.82) is 0 Å². The molecular formula is C19H22FN5O2S. The second kappa shape index (κ2) is 7.48. The number of piperazine rings is 1. The standard InChI is InChI=1S/C19H22FN5O2S/c1-3-15-21-19-25(22-15)18(27)17(28-19)16(13-4-6-14(20)7-5-13)24-10-8-23(9-11-24)12(2)26/h4-7,16,27H,3,8-11H2,1-2H3/t16-/m1/s1. The van der Waals surface area contributed by atoms with E-state index in [1.165, 1.54) is 28.0 Å². The zero-order chi connectivity index (χ0) is 19.8. The zero-order valence-electron chi connectivity index (χ0n) is 15.8. The molecule has 9 heteroatoms. The molecule has 1 aliphatic rings. The van der Waals surface area contributed by atoms with Gasteiger partial charge >= 0.3 is 0 Å². The van der Waals surface area contributed by atoms with Crippen LogP contribution >= 0.6 is 11.3 Å². The summed E-state index contributed by atoms with van der Waals surface area (Å²) >= 11 is 1.39. The van der Waals surface area contributed by atoms with Crippen molar-refractivity contribution < 1.29 is 14.3 Å². The summed E-state index contributed by atoms with van der Waals surface area (Å²) in [5, 5.41) is 15.2. The van der Waals surface area contributed by atoms with E-state index in [4.69, 9.17) is 0 Å². The van der Waals surface area contributed by atoms with Crippen molar-refractivity contribution >= 4 is 22.2 Å². The van der Waals surface area contributed by atoms with Crippen LogP contribution in [0.5, 0.6) is 5.88 Å². The third-order valence-electron chi connectivity index (χ3n) is 5.12. The van der Waals surface area contributed by atoms with Crippen LogP contribution in [0.1, 0.15) is 36.2 Å². The van der Waals surface area contributed by atoms with Gasteiger partial charge in [-0.25, -0.2) is 9.37 Å². The Morgan fingerprint density at radius 3 is 2.50 bits per heavy atom. The maximum absolute atomic E-state index is 13.5. The lowest BCUT2D eigenvalue weighted by molar-refractivity contribution is -0.130. The summed E-state index contributed by atoms with van der Waals surface area (Å²) < 4.78 is 15.0. The molecule has 148 valence electrons. The number of fused-ring (bicyclic) bond motifs is 1. The number of rotatable bonds is 4. The van der Waals surface area contributed by atoms with Gasteiger partial charge in [0.05, 0.1) is 10.9 Å². The number of aromatic nitrogens is 3. The number of thiazole rings is 1. The van der Waals surface area contributed by atoms with Crippen molar-refractivity contribution in [3.05, 3.63) is 46.3 Å². The van der Waals surface area contributed by atoms with E-state index in [0.717, 1.165) is 10.4 Å². The van der Waals surface area contributed by atoms with Gasteiger partial charge in [0, 0.05) is 39.5 Å². The molecule has 28 heavy (non-hydrogen) atoms. The molecule has 2 aromatic heterocycles. The van der Waals surface area contributed by atoms with Crippen molar-refractivity contribution in [3.63, 3.8) is 0 Å². The molecule has 3 aromatic rings. The predicted octanol–water partition coefficient (Wildman–Crippen LogP) is 2.45. The quantitative estimate of drug-likeness (QED) is 0.724. The molecule has 0 unspecified atom stereocenters. The second-order valence-electron chi connectivity index (χ2n) is 6.86. The van der Waals surface area contributed by atoms with Crippen LogP contribution in [0.2, 0.25) is 0 Å². The van der Waals surface area contributed by atoms with E-state index in [1.54, 1.807) is 19.1 Å². The molecule has 1 atom stereocenters. The van der Waals surface area contributed by atoms with Crippen LogP contribution in [0.4, 0.5) is 4.39 Å². The first kappa shape index (κ1) is 18.8. The molecule has 1 amide bonds. The largest absolute Gasteiger partial charge is 0.492 e. The summed E-state index contributed by atoms with van der Waals surface area (Å²) in [6.45, 7) is 6.10. The van der Waals surface area contributed by atoms with Crippen molar-refractivity contribution in [2.45, 2.75) is 26.3 Å². The minimum absolute atomic E-state index is 0.0618. The van der Waals surface area contributed by atoms with Gasteiger partial charge in [-0.1, -0.05) is 30.4 Å². The van der Waals surface area contributed by atoms with Crippen LogP contribution < -0.4 is 0 Å². The van der Waals surface area contributed by atoms with Gasteiger partial charge in [0.25, 0.3) is 0 Å². The number of hydrogen-bond acceptors (Lipinski definition) is 6. The Morgan fingerprint density at radius 1 is 1.25 bits per heavy atom. The molecule has 1 N–H and O–H groups in total. The molecule has 1 aromatic carbocycles. The lowest BCUT2D eigenvalue weighted by Gasteiger charge is -2.38. The highest BCUT2D eigenvalue weighted by Crippen LogP contribution is 2.40. The number of nitrogens with zero attached hydrogens (tertiary/aromatic N) is 5. The third kappa shape index (κ3) is 3.35. The molecule has 4 rings (SSSR count). The summed E-state index contributed by atoms with van der Waals surface area (Å²) in [4.78, 5) is 21.5. The summed E-state index contributed by atoms with van der Waals surface area (Å²) in [6.07, 6.45) is 0.692. The number of benzene rings is 1. The molecule has 0 spiro atoms. The van der Waals surface area contributed by atoms with E-state index in [2.05, 4.69) is 15.0 Å². The molecular weight excluding hydrogens is 381 g/mol. The van der Waals surface area contributed by atoms with Crippen LogP contribution in [0.15, 0.2) is 24.3 Å². The highest BCUT2D eigenvalue weighted by atomic mass is 32.1. The number of aromatic hydroxyl groups is 1. The smallest absolute Gasteiger partial charge is 0.230 e. The highest BCUT2D eigenvalue weighted by molar-refractivity contribution is 7.17. The molecule has 1 saturated heterocycles. The van der Waals surface area contributed by atoms with Crippen LogP contribution in [-0.2, 0) is 11.2 Å². The fourth-order valence-electron chi connectivity index (χ4n) is 3.59. The summed E-state index contributed by atoms with van der Waals surface area (Å²) in [7, 11) is 0. The fraction of sp³-hybridized carbons (Fsp3) is 0.421. The second-order valence-corrected chi connectivity index (χ2v) is 7.87. The van der Waals surface area contributed by atoms with E-state index >= 15 is 0 Å².